The second-order valence-corrected chi connectivity index (χ2v) is 6.90. The van der Waals surface area contributed by atoms with Crippen molar-refractivity contribution in [1.29, 1.82) is 0 Å². The molecule has 3 rings (SSSR count). The first-order chi connectivity index (χ1) is 11.6. The number of benzene rings is 2. The normalized spacial score (nSPS) is 15.3. The minimum atomic E-state index is -0.0217. The van der Waals surface area contributed by atoms with Gasteiger partial charge in [0.05, 0.1) is 17.3 Å². The molecule has 126 valence electrons. The van der Waals surface area contributed by atoms with E-state index in [1.165, 1.54) is 18.4 Å². The quantitative estimate of drug-likeness (QED) is 0.798. The summed E-state index contributed by atoms with van der Waals surface area (Å²) in [4.78, 5) is 14.8. The summed E-state index contributed by atoms with van der Waals surface area (Å²) in [5, 5.41) is 3.49. The summed E-state index contributed by atoms with van der Waals surface area (Å²) >= 11 is 6.13. The summed E-state index contributed by atoms with van der Waals surface area (Å²) in [7, 11) is 0. The van der Waals surface area contributed by atoms with Crippen molar-refractivity contribution >= 4 is 23.2 Å². The Kier molecular flexibility index (Phi) is 5.54. The van der Waals surface area contributed by atoms with Crippen LogP contribution in [-0.4, -0.2) is 23.4 Å². The van der Waals surface area contributed by atoms with Crippen LogP contribution in [0, 0.1) is 5.92 Å². The van der Waals surface area contributed by atoms with Crippen LogP contribution in [0.15, 0.2) is 54.6 Å². The van der Waals surface area contributed by atoms with E-state index in [9.17, 15) is 4.79 Å². The molecule has 1 fully saturated rings. The molecule has 1 N–H and O–H groups in total. The molecule has 1 amide bonds. The molecule has 1 unspecified atom stereocenters. The Morgan fingerprint density at radius 3 is 2.50 bits per heavy atom. The monoisotopic (exact) mass is 342 g/mol. The number of nitrogens with zero attached hydrogens (tertiary/aromatic N) is 1. The zero-order chi connectivity index (χ0) is 16.9. The van der Waals surface area contributed by atoms with Gasteiger partial charge in [-0.2, -0.15) is 0 Å². The fourth-order valence-corrected chi connectivity index (χ4v) is 3.16. The molecule has 2 aromatic carbocycles. The van der Waals surface area contributed by atoms with E-state index in [1.54, 1.807) is 6.07 Å². The molecule has 0 radical (unpaired) electrons. The van der Waals surface area contributed by atoms with Gasteiger partial charge in [-0.3, -0.25) is 9.69 Å². The van der Waals surface area contributed by atoms with Gasteiger partial charge in [0, 0.05) is 12.6 Å². The van der Waals surface area contributed by atoms with Crippen LogP contribution < -0.4 is 5.32 Å². The number of carbonyl (C=O) groups excluding carboxylic acids is 1. The van der Waals surface area contributed by atoms with Crippen molar-refractivity contribution in [2.45, 2.75) is 32.4 Å². The number of carbonyl (C=O) groups is 1. The molecule has 1 aliphatic carbocycles. The second-order valence-electron chi connectivity index (χ2n) is 6.50. The van der Waals surface area contributed by atoms with Crippen LogP contribution in [0.1, 0.15) is 25.3 Å². The van der Waals surface area contributed by atoms with Gasteiger partial charge < -0.3 is 5.32 Å². The number of rotatable bonds is 7. The van der Waals surface area contributed by atoms with E-state index in [2.05, 4.69) is 29.3 Å². The summed E-state index contributed by atoms with van der Waals surface area (Å²) in [6.07, 6.45) is 2.52. The Morgan fingerprint density at radius 2 is 1.83 bits per heavy atom. The lowest BCUT2D eigenvalue weighted by molar-refractivity contribution is -0.118. The molecule has 1 atom stereocenters. The minimum Gasteiger partial charge on any atom is -0.324 e. The van der Waals surface area contributed by atoms with Crippen LogP contribution in [0.3, 0.4) is 0 Å². The Morgan fingerprint density at radius 1 is 1.17 bits per heavy atom. The summed E-state index contributed by atoms with van der Waals surface area (Å²) in [6, 6.07) is 18.1. The first kappa shape index (κ1) is 17.0. The van der Waals surface area contributed by atoms with Gasteiger partial charge >= 0.3 is 0 Å². The maximum absolute atomic E-state index is 12.5. The lowest BCUT2D eigenvalue weighted by Crippen LogP contribution is -2.40. The molecular formula is C20H23ClN2O. The summed E-state index contributed by atoms with van der Waals surface area (Å²) in [5.74, 6) is 0.688. The Hall–Kier alpha value is -1.84. The summed E-state index contributed by atoms with van der Waals surface area (Å²) in [5.41, 5.74) is 1.90. The third-order valence-corrected chi connectivity index (χ3v) is 4.93. The minimum absolute atomic E-state index is 0.0217. The number of nitrogens with one attached hydrogen (secondary N) is 1. The number of para-hydroxylation sites is 1. The highest BCUT2D eigenvalue weighted by Gasteiger charge is 2.32. The zero-order valence-corrected chi connectivity index (χ0v) is 14.7. The molecule has 0 aliphatic heterocycles. The van der Waals surface area contributed by atoms with Crippen molar-refractivity contribution in [2.24, 2.45) is 5.92 Å². The van der Waals surface area contributed by atoms with E-state index in [4.69, 9.17) is 11.6 Å². The fourth-order valence-electron chi connectivity index (χ4n) is 2.98. The molecule has 0 saturated heterocycles. The molecular weight excluding hydrogens is 320 g/mol. The number of hydrogen-bond donors (Lipinski definition) is 1. The smallest absolute Gasteiger partial charge is 0.238 e. The molecule has 2 aromatic rings. The molecule has 4 heteroatoms. The van der Waals surface area contributed by atoms with E-state index in [0.717, 1.165) is 6.54 Å². The van der Waals surface area contributed by atoms with Gasteiger partial charge in [0.1, 0.15) is 0 Å². The third-order valence-electron chi connectivity index (χ3n) is 4.60. The first-order valence-corrected chi connectivity index (χ1v) is 8.83. The molecule has 0 bridgehead atoms. The molecule has 0 spiro atoms. The van der Waals surface area contributed by atoms with Crippen LogP contribution in [-0.2, 0) is 11.3 Å². The van der Waals surface area contributed by atoms with Crippen LogP contribution in [0.25, 0.3) is 0 Å². The highest BCUT2D eigenvalue weighted by atomic mass is 35.5. The number of halogens is 1. The lowest BCUT2D eigenvalue weighted by atomic mass is 10.1. The summed E-state index contributed by atoms with van der Waals surface area (Å²) in [6.45, 7) is 3.38. The molecule has 3 nitrogen and oxygen atoms in total. The highest BCUT2D eigenvalue weighted by molar-refractivity contribution is 6.33. The molecule has 1 saturated carbocycles. The number of anilines is 1. The van der Waals surface area contributed by atoms with Crippen LogP contribution in [0.2, 0.25) is 5.02 Å². The number of amides is 1. The van der Waals surface area contributed by atoms with Gasteiger partial charge in [-0.15, -0.1) is 0 Å². The predicted molar refractivity (Wildman–Crippen MR) is 99.1 cm³/mol. The van der Waals surface area contributed by atoms with E-state index < -0.39 is 0 Å². The Balaban J connectivity index is 1.66. The zero-order valence-electron chi connectivity index (χ0n) is 13.9. The van der Waals surface area contributed by atoms with Crippen molar-refractivity contribution in [3.63, 3.8) is 0 Å². The van der Waals surface area contributed by atoms with E-state index in [1.807, 2.05) is 36.4 Å². The van der Waals surface area contributed by atoms with Gasteiger partial charge in [-0.25, -0.2) is 0 Å². The standard InChI is InChI=1S/C20H23ClN2O/c1-15(17-11-12-17)23(13-16-7-3-2-4-8-16)14-20(24)22-19-10-6-5-9-18(19)21/h2-10,15,17H,11-14H2,1H3,(H,22,24). The molecule has 0 aromatic heterocycles. The van der Waals surface area contributed by atoms with Gasteiger partial charge in [-0.05, 0) is 43.4 Å². The van der Waals surface area contributed by atoms with Gasteiger partial charge in [0.25, 0.3) is 0 Å². The van der Waals surface area contributed by atoms with Crippen molar-refractivity contribution in [1.82, 2.24) is 4.90 Å². The summed E-state index contributed by atoms with van der Waals surface area (Å²) < 4.78 is 0. The van der Waals surface area contributed by atoms with E-state index >= 15 is 0 Å². The average molecular weight is 343 g/mol. The van der Waals surface area contributed by atoms with Gasteiger partial charge in [0.2, 0.25) is 5.91 Å². The van der Waals surface area contributed by atoms with Crippen LogP contribution >= 0.6 is 11.6 Å². The molecule has 0 heterocycles. The number of hydrogen-bond acceptors (Lipinski definition) is 2. The maximum atomic E-state index is 12.5. The molecule has 1 aliphatic rings. The highest BCUT2D eigenvalue weighted by Crippen LogP contribution is 2.35. The van der Waals surface area contributed by atoms with E-state index in [0.29, 0.717) is 29.2 Å². The lowest BCUT2D eigenvalue weighted by Gasteiger charge is -2.28. The third kappa shape index (κ3) is 4.59. The Labute approximate surface area is 148 Å². The SMILES string of the molecule is CC(C1CC1)N(CC(=O)Nc1ccccc1Cl)Cc1ccccc1. The van der Waals surface area contributed by atoms with Gasteiger partial charge in [0.15, 0.2) is 0 Å². The largest absolute Gasteiger partial charge is 0.324 e. The topological polar surface area (TPSA) is 32.3 Å². The van der Waals surface area contributed by atoms with Crippen molar-refractivity contribution in [3.8, 4) is 0 Å². The first-order valence-electron chi connectivity index (χ1n) is 8.46. The van der Waals surface area contributed by atoms with Crippen molar-refractivity contribution in [2.75, 3.05) is 11.9 Å². The fraction of sp³-hybridized carbons (Fsp3) is 0.350. The van der Waals surface area contributed by atoms with E-state index in [-0.39, 0.29) is 5.91 Å². The second kappa shape index (κ2) is 7.82. The van der Waals surface area contributed by atoms with Crippen LogP contribution in [0.5, 0.6) is 0 Å². The molecule has 24 heavy (non-hydrogen) atoms. The van der Waals surface area contributed by atoms with Gasteiger partial charge in [-0.1, -0.05) is 54.1 Å². The maximum Gasteiger partial charge on any atom is 0.238 e. The Bertz CT molecular complexity index is 685. The van der Waals surface area contributed by atoms with Crippen molar-refractivity contribution < 1.29 is 4.79 Å². The van der Waals surface area contributed by atoms with Crippen molar-refractivity contribution in [3.05, 3.63) is 65.2 Å². The average Bonchev–Trinajstić information content (AvgIpc) is 3.42. The predicted octanol–water partition coefficient (Wildman–Crippen LogP) is 4.58. The van der Waals surface area contributed by atoms with Crippen LogP contribution in [0.4, 0.5) is 5.69 Å².